The van der Waals surface area contributed by atoms with E-state index in [4.69, 9.17) is 28.4 Å². The Bertz CT molecular complexity index is 1310. The molecule has 17 heteroatoms. The van der Waals surface area contributed by atoms with Crippen molar-refractivity contribution in [3.8, 4) is 0 Å². The Morgan fingerprint density at radius 2 is 1.77 bits per heavy atom. The molecule has 61 heavy (non-hydrogen) atoms. The minimum Gasteiger partial charge on any atom is -0.459 e. The van der Waals surface area contributed by atoms with Gasteiger partial charge in [0.15, 0.2) is 12.6 Å². The third kappa shape index (κ3) is 16.2. The molecule has 358 valence electrons. The van der Waals surface area contributed by atoms with Crippen LogP contribution in [0.5, 0.6) is 0 Å². The van der Waals surface area contributed by atoms with Crippen LogP contribution in [-0.4, -0.2) is 186 Å². The summed E-state index contributed by atoms with van der Waals surface area (Å²) in [6.07, 6.45) is -6.59. The van der Waals surface area contributed by atoms with E-state index in [1.165, 1.54) is 14.0 Å². The summed E-state index contributed by atoms with van der Waals surface area (Å²) in [5.74, 6) is -2.86. The molecule has 0 spiro atoms. The van der Waals surface area contributed by atoms with E-state index < -0.39 is 90.4 Å². The standard InChI is InChI=1S/C44H84N4O13/c1-15-19-45-42(53)46-20-17-21-48-25-26(3)24-43(10,54)39(61-41-36(50)33(47(12)13)23-27(4)57-41)28(5)37(60-35(18-22-56-14)58-32(9)31(8)49)29(6)40(52)59-34(16-2)44(11,55)38(51)30(48)7/h15,26-39,41,49-51,54-55H,1,16-25H2,2-14H3,(H2,45,46,53)/t26-,27-,28+,29-,30-,31-,32+,33+,34-,35+,36-,37+,38-,39-,41+,43-,44-/m1/s1. The van der Waals surface area contributed by atoms with Crippen molar-refractivity contribution in [3.63, 3.8) is 0 Å². The fourth-order valence-electron chi connectivity index (χ4n) is 8.75. The molecule has 7 N–H and O–H groups in total. The Morgan fingerprint density at radius 1 is 1.11 bits per heavy atom. The number of aliphatic hydroxyl groups is 5. The number of amides is 2. The molecule has 17 nitrogen and oxygen atoms in total. The molecule has 17 atom stereocenters. The molecule has 2 amide bonds. The maximum atomic E-state index is 14.4. The van der Waals surface area contributed by atoms with Crippen LogP contribution in [-0.2, 0) is 33.2 Å². The molecule has 0 aromatic carbocycles. The number of nitrogens with one attached hydrogen (secondary N) is 2. The lowest BCUT2D eigenvalue weighted by molar-refractivity contribution is -0.306. The summed E-state index contributed by atoms with van der Waals surface area (Å²) in [4.78, 5) is 30.6. The van der Waals surface area contributed by atoms with Crippen molar-refractivity contribution in [2.45, 2.75) is 186 Å². The number of methoxy groups -OCH3 is 1. The number of urea groups is 1. The van der Waals surface area contributed by atoms with Gasteiger partial charge in [0.05, 0.1) is 48.6 Å². The third-order valence-corrected chi connectivity index (χ3v) is 12.5. The third-order valence-electron chi connectivity index (χ3n) is 12.5. The highest BCUT2D eigenvalue weighted by Gasteiger charge is 2.51. The van der Waals surface area contributed by atoms with Gasteiger partial charge in [0.1, 0.15) is 23.9 Å². The van der Waals surface area contributed by atoms with Crippen LogP contribution in [0.4, 0.5) is 4.79 Å². The first-order chi connectivity index (χ1) is 28.4. The molecular weight excluding hydrogens is 792 g/mol. The number of esters is 1. The highest BCUT2D eigenvalue weighted by atomic mass is 16.7. The summed E-state index contributed by atoms with van der Waals surface area (Å²) in [7, 11) is 5.28. The van der Waals surface area contributed by atoms with Gasteiger partial charge in [0, 0.05) is 57.7 Å². The quantitative estimate of drug-likeness (QED) is 0.0455. The predicted octanol–water partition coefficient (Wildman–Crippen LogP) is 2.39. The molecular formula is C44H84N4O13. The highest BCUT2D eigenvalue weighted by molar-refractivity contribution is 5.74. The minimum absolute atomic E-state index is 0.154. The zero-order valence-electron chi connectivity index (χ0n) is 39.4. The van der Waals surface area contributed by atoms with Crippen LogP contribution in [0.1, 0.15) is 101 Å². The minimum atomic E-state index is -1.90. The van der Waals surface area contributed by atoms with E-state index in [0.717, 1.165) is 0 Å². The summed E-state index contributed by atoms with van der Waals surface area (Å²) >= 11 is 0. The Morgan fingerprint density at radius 3 is 2.34 bits per heavy atom. The first-order valence-corrected chi connectivity index (χ1v) is 22.3. The topological polar surface area (TPSA) is 221 Å². The fraction of sp³-hybridized carbons (Fsp3) is 0.909. The smallest absolute Gasteiger partial charge is 0.315 e. The number of ether oxygens (including phenoxy) is 6. The lowest BCUT2D eigenvalue weighted by Crippen LogP contribution is -2.59. The summed E-state index contributed by atoms with van der Waals surface area (Å²) < 4.78 is 37.5. The second kappa shape index (κ2) is 25.5. The highest BCUT2D eigenvalue weighted by Crippen LogP contribution is 2.38. The van der Waals surface area contributed by atoms with Crippen LogP contribution in [0.2, 0.25) is 0 Å². The van der Waals surface area contributed by atoms with Crippen molar-refractivity contribution in [1.29, 1.82) is 0 Å². The average Bonchev–Trinajstić information content (AvgIpc) is 3.18. The second-order valence-electron chi connectivity index (χ2n) is 18.4. The molecule has 0 unspecified atom stereocenters. The van der Waals surface area contributed by atoms with Gasteiger partial charge in [-0.3, -0.25) is 9.69 Å². The number of nitrogens with zero attached hydrogens (tertiary/aromatic N) is 2. The molecule has 0 saturated carbocycles. The molecule has 0 aromatic rings. The summed E-state index contributed by atoms with van der Waals surface area (Å²) in [5, 5.41) is 64.3. The van der Waals surface area contributed by atoms with Crippen LogP contribution in [0, 0.1) is 17.8 Å². The molecule has 0 bridgehead atoms. The lowest BCUT2D eigenvalue weighted by atomic mass is 9.77. The normalized spacial score (nSPS) is 37.8. The van der Waals surface area contributed by atoms with Gasteiger partial charge in [-0.2, -0.15) is 0 Å². The maximum Gasteiger partial charge on any atom is 0.315 e. The zero-order valence-corrected chi connectivity index (χ0v) is 39.4. The number of carbonyl (C=O) groups is 2. The van der Waals surface area contributed by atoms with Gasteiger partial charge in [-0.1, -0.05) is 26.8 Å². The predicted molar refractivity (Wildman–Crippen MR) is 231 cm³/mol. The van der Waals surface area contributed by atoms with Gasteiger partial charge in [-0.25, -0.2) is 4.79 Å². The Hall–Kier alpha value is -2.00. The van der Waals surface area contributed by atoms with E-state index in [2.05, 4.69) is 17.2 Å². The second-order valence-corrected chi connectivity index (χ2v) is 18.4. The van der Waals surface area contributed by atoms with Gasteiger partial charge >= 0.3 is 12.0 Å². The van der Waals surface area contributed by atoms with Crippen molar-refractivity contribution in [1.82, 2.24) is 20.4 Å². The van der Waals surface area contributed by atoms with E-state index in [1.807, 2.05) is 37.7 Å². The molecule has 2 rings (SSSR count). The molecule has 2 aliphatic heterocycles. The van der Waals surface area contributed by atoms with E-state index >= 15 is 0 Å². The largest absolute Gasteiger partial charge is 0.459 e. The summed E-state index contributed by atoms with van der Waals surface area (Å²) in [6.45, 7) is 22.5. The number of rotatable bonds is 18. The molecule has 0 aliphatic carbocycles. The first kappa shape index (κ1) is 55.1. The van der Waals surface area contributed by atoms with Crippen molar-refractivity contribution in [2.24, 2.45) is 17.8 Å². The van der Waals surface area contributed by atoms with Crippen molar-refractivity contribution >= 4 is 12.0 Å². The first-order valence-electron chi connectivity index (χ1n) is 22.3. The Labute approximate surface area is 365 Å². The molecule has 0 radical (unpaired) electrons. The van der Waals surface area contributed by atoms with Crippen molar-refractivity contribution in [3.05, 3.63) is 12.7 Å². The number of carbonyl (C=O) groups excluding carboxylic acids is 2. The SMILES string of the molecule is C=CCNC(=O)NCCCN1C[C@H](C)C[C@@](C)(O)[C@H](O[C@@H]2O[C@H](C)C[C@H](N(C)C)[C@H]2O)[C@@H](C)[C@H](O[C@@H](CCOC)O[C@@H](C)[C@@H](C)O)[C@@H](C)C(=O)O[C@H](CC)[C@@](C)(O)[C@H](O)[C@H]1C. The number of cyclic esters (lactones) is 1. The van der Waals surface area contributed by atoms with E-state index in [-0.39, 0.29) is 50.0 Å². The monoisotopic (exact) mass is 877 g/mol. The van der Waals surface area contributed by atoms with Crippen LogP contribution >= 0.6 is 0 Å². The van der Waals surface area contributed by atoms with Gasteiger partial charge in [-0.15, -0.1) is 6.58 Å². The van der Waals surface area contributed by atoms with Gasteiger partial charge in [0.25, 0.3) is 0 Å². The molecule has 2 fully saturated rings. The van der Waals surface area contributed by atoms with Crippen molar-refractivity contribution < 1.29 is 63.5 Å². The summed E-state index contributed by atoms with van der Waals surface area (Å²) in [6, 6.07) is -1.32. The summed E-state index contributed by atoms with van der Waals surface area (Å²) in [5.41, 5.74) is -3.55. The zero-order chi connectivity index (χ0) is 46.4. The number of likely N-dealkylation sites (N-methyl/N-ethyl adjacent to an activating group) is 1. The van der Waals surface area contributed by atoms with E-state index in [1.54, 1.807) is 54.5 Å². The lowest BCUT2D eigenvalue weighted by Gasteiger charge is -2.47. The number of hydrogen-bond donors (Lipinski definition) is 7. The molecule has 0 aromatic heterocycles. The van der Waals surface area contributed by atoms with E-state index in [9.17, 15) is 35.1 Å². The van der Waals surface area contributed by atoms with Crippen LogP contribution in [0.25, 0.3) is 0 Å². The number of hydrogen-bond acceptors (Lipinski definition) is 15. The molecule has 2 aliphatic rings. The maximum absolute atomic E-state index is 14.4. The van der Waals surface area contributed by atoms with Gasteiger partial charge < -0.3 is 69.5 Å². The van der Waals surface area contributed by atoms with Gasteiger partial charge in [0.2, 0.25) is 0 Å². The Balaban J connectivity index is 2.77. The van der Waals surface area contributed by atoms with Crippen LogP contribution < -0.4 is 10.6 Å². The van der Waals surface area contributed by atoms with Gasteiger partial charge in [-0.05, 0) is 94.2 Å². The average molecular weight is 877 g/mol. The number of aliphatic hydroxyl groups excluding tert-OH is 3. The van der Waals surface area contributed by atoms with Crippen LogP contribution in [0.3, 0.4) is 0 Å². The fourth-order valence-corrected chi connectivity index (χ4v) is 8.75. The molecule has 2 saturated heterocycles. The Kier molecular flexibility index (Phi) is 23.0. The molecule has 2 heterocycles. The van der Waals surface area contributed by atoms with Crippen LogP contribution in [0.15, 0.2) is 12.7 Å². The van der Waals surface area contributed by atoms with Crippen molar-refractivity contribution in [2.75, 3.05) is 54.0 Å². The van der Waals surface area contributed by atoms with E-state index in [0.29, 0.717) is 39.0 Å².